The molecule has 1 aliphatic heterocycles. The Balaban J connectivity index is 0.00000182. The molecule has 0 bridgehead atoms. The summed E-state index contributed by atoms with van der Waals surface area (Å²) < 4.78 is 0. The van der Waals surface area contributed by atoms with Gasteiger partial charge in [0.2, 0.25) is 5.91 Å². The predicted molar refractivity (Wildman–Crippen MR) is 104 cm³/mol. The quantitative estimate of drug-likeness (QED) is 0.888. The van der Waals surface area contributed by atoms with Gasteiger partial charge in [0.1, 0.15) is 0 Å². The molecule has 4 heteroatoms. The smallest absolute Gasteiger partial charge is 0.226 e. The van der Waals surface area contributed by atoms with Crippen LogP contribution in [0.5, 0.6) is 0 Å². The molecular formula is C21H31ClN2O. The summed E-state index contributed by atoms with van der Waals surface area (Å²) in [5.41, 5.74) is 3.16. The zero-order chi connectivity index (χ0) is 16.6. The number of amides is 1. The first kappa shape index (κ1) is 18.7. The van der Waals surface area contributed by atoms with Crippen LogP contribution in [0.1, 0.15) is 50.2 Å². The molecule has 2 unspecified atom stereocenters. The standard InChI is InChI=1S/C21H30N2O.ClH/c1-2-22-15-16-9-12-23(13-10-16)20(24)19-14-21(19)11-5-7-17-6-3-4-8-18(17)21;/h3-4,6,8,16,19,22H,2,5,7,9-15H2,1H3;1H. The largest absolute Gasteiger partial charge is 0.342 e. The second-order valence-electron chi connectivity index (χ2n) is 8.00. The molecule has 2 aliphatic carbocycles. The van der Waals surface area contributed by atoms with E-state index in [1.807, 2.05) is 0 Å². The Morgan fingerprint density at radius 2 is 2.04 bits per heavy atom. The molecule has 138 valence electrons. The van der Waals surface area contributed by atoms with E-state index in [9.17, 15) is 4.79 Å². The van der Waals surface area contributed by atoms with E-state index in [0.717, 1.165) is 51.4 Å². The fourth-order valence-electron chi connectivity index (χ4n) is 5.08. The Bertz CT molecular complexity index is 612. The molecule has 1 aromatic rings. The van der Waals surface area contributed by atoms with E-state index in [1.165, 1.54) is 30.4 Å². The lowest BCUT2D eigenvalue weighted by Gasteiger charge is -2.33. The van der Waals surface area contributed by atoms with Crippen molar-refractivity contribution in [3.8, 4) is 0 Å². The van der Waals surface area contributed by atoms with Crippen LogP contribution in [-0.4, -0.2) is 37.0 Å². The lowest BCUT2D eigenvalue weighted by molar-refractivity contribution is -0.134. The number of hydrogen-bond donors (Lipinski definition) is 1. The topological polar surface area (TPSA) is 32.3 Å². The number of nitrogens with one attached hydrogen (secondary N) is 1. The van der Waals surface area contributed by atoms with Crippen LogP contribution in [0.15, 0.2) is 24.3 Å². The van der Waals surface area contributed by atoms with E-state index in [4.69, 9.17) is 0 Å². The van der Waals surface area contributed by atoms with Gasteiger partial charge in [-0.25, -0.2) is 0 Å². The lowest BCUT2D eigenvalue weighted by Crippen LogP contribution is -2.42. The Morgan fingerprint density at radius 1 is 1.28 bits per heavy atom. The van der Waals surface area contributed by atoms with Crippen molar-refractivity contribution in [2.75, 3.05) is 26.2 Å². The molecule has 3 aliphatic rings. The highest BCUT2D eigenvalue weighted by molar-refractivity contribution is 5.85. The van der Waals surface area contributed by atoms with Crippen molar-refractivity contribution < 1.29 is 4.79 Å². The fourth-order valence-corrected chi connectivity index (χ4v) is 5.08. The molecular weight excluding hydrogens is 332 g/mol. The van der Waals surface area contributed by atoms with Crippen LogP contribution in [0.2, 0.25) is 0 Å². The molecule has 1 spiro atoms. The van der Waals surface area contributed by atoms with Gasteiger partial charge in [0.25, 0.3) is 0 Å². The second kappa shape index (κ2) is 7.67. The summed E-state index contributed by atoms with van der Waals surface area (Å²) in [4.78, 5) is 15.2. The number of rotatable bonds is 4. The average molecular weight is 363 g/mol. The van der Waals surface area contributed by atoms with E-state index in [0.29, 0.717) is 5.91 Å². The van der Waals surface area contributed by atoms with Crippen LogP contribution in [0.4, 0.5) is 0 Å². The van der Waals surface area contributed by atoms with E-state index in [-0.39, 0.29) is 23.7 Å². The maximum atomic E-state index is 13.1. The van der Waals surface area contributed by atoms with Crippen molar-refractivity contribution in [3.63, 3.8) is 0 Å². The van der Waals surface area contributed by atoms with E-state index >= 15 is 0 Å². The van der Waals surface area contributed by atoms with Crippen molar-refractivity contribution in [1.82, 2.24) is 10.2 Å². The van der Waals surface area contributed by atoms with Crippen molar-refractivity contribution >= 4 is 18.3 Å². The number of piperidine rings is 1. The molecule has 2 atom stereocenters. The zero-order valence-corrected chi connectivity index (χ0v) is 16.1. The summed E-state index contributed by atoms with van der Waals surface area (Å²) in [6.45, 7) is 6.24. The summed E-state index contributed by atoms with van der Waals surface area (Å²) in [6, 6.07) is 8.84. The Hall–Kier alpha value is -1.06. The number of carbonyl (C=O) groups excluding carboxylic acids is 1. The van der Waals surface area contributed by atoms with Crippen molar-refractivity contribution in [3.05, 3.63) is 35.4 Å². The van der Waals surface area contributed by atoms with Gasteiger partial charge >= 0.3 is 0 Å². The number of aryl methyl sites for hydroxylation is 1. The van der Waals surface area contributed by atoms with E-state index in [1.54, 1.807) is 0 Å². The minimum absolute atomic E-state index is 0. The first-order valence-corrected chi connectivity index (χ1v) is 9.82. The second-order valence-corrected chi connectivity index (χ2v) is 8.00. The average Bonchev–Trinajstić information content (AvgIpc) is 3.35. The number of likely N-dealkylation sites (tertiary alicyclic amines) is 1. The maximum absolute atomic E-state index is 13.1. The first-order valence-electron chi connectivity index (χ1n) is 9.82. The summed E-state index contributed by atoms with van der Waals surface area (Å²) >= 11 is 0. The van der Waals surface area contributed by atoms with Gasteiger partial charge in [-0.05, 0) is 68.7 Å². The van der Waals surface area contributed by atoms with Gasteiger partial charge in [-0.3, -0.25) is 4.79 Å². The van der Waals surface area contributed by atoms with Gasteiger partial charge in [0, 0.05) is 24.4 Å². The summed E-state index contributed by atoms with van der Waals surface area (Å²) in [5, 5.41) is 3.45. The van der Waals surface area contributed by atoms with Crippen LogP contribution in [0.3, 0.4) is 0 Å². The van der Waals surface area contributed by atoms with Crippen LogP contribution >= 0.6 is 12.4 Å². The van der Waals surface area contributed by atoms with Gasteiger partial charge in [0.05, 0.1) is 0 Å². The highest BCUT2D eigenvalue weighted by Gasteiger charge is 2.60. The van der Waals surface area contributed by atoms with Crippen LogP contribution < -0.4 is 5.32 Å². The molecule has 4 rings (SSSR count). The molecule has 1 amide bonds. The number of carbonyl (C=O) groups is 1. The SMILES string of the molecule is CCNCC1CCN(C(=O)C2CC23CCCc2ccccc23)CC1.Cl. The summed E-state index contributed by atoms with van der Waals surface area (Å²) in [5.74, 6) is 1.44. The molecule has 25 heavy (non-hydrogen) atoms. The van der Waals surface area contributed by atoms with Crippen molar-refractivity contribution in [2.45, 2.75) is 50.9 Å². The van der Waals surface area contributed by atoms with Gasteiger partial charge in [0.15, 0.2) is 0 Å². The normalized spacial score (nSPS) is 28.4. The zero-order valence-electron chi connectivity index (χ0n) is 15.3. The number of fused-ring (bicyclic) bond motifs is 2. The monoisotopic (exact) mass is 362 g/mol. The predicted octanol–water partition coefficient (Wildman–Crippen LogP) is 3.55. The van der Waals surface area contributed by atoms with Gasteiger partial charge in [-0.15, -0.1) is 12.4 Å². The maximum Gasteiger partial charge on any atom is 0.226 e. The Morgan fingerprint density at radius 3 is 2.80 bits per heavy atom. The van der Waals surface area contributed by atoms with Crippen molar-refractivity contribution in [2.24, 2.45) is 11.8 Å². The molecule has 1 saturated heterocycles. The molecule has 1 aromatic carbocycles. The number of benzene rings is 1. The van der Waals surface area contributed by atoms with Gasteiger partial charge in [-0.2, -0.15) is 0 Å². The van der Waals surface area contributed by atoms with Gasteiger partial charge in [-0.1, -0.05) is 31.2 Å². The molecule has 2 fully saturated rings. The molecule has 0 aromatic heterocycles. The summed E-state index contributed by atoms with van der Waals surface area (Å²) in [7, 11) is 0. The number of nitrogens with zero attached hydrogens (tertiary/aromatic N) is 1. The Labute approximate surface area is 158 Å². The number of hydrogen-bond acceptors (Lipinski definition) is 2. The minimum Gasteiger partial charge on any atom is -0.342 e. The third kappa shape index (κ3) is 3.46. The van der Waals surface area contributed by atoms with E-state index < -0.39 is 0 Å². The molecule has 3 nitrogen and oxygen atoms in total. The fraction of sp³-hybridized carbons (Fsp3) is 0.667. The van der Waals surface area contributed by atoms with E-state index in [2.05, 4.69) is 41.4 Å². The third-order valence-corrected chi connectivity index (χ3v) is 6.61. The van der Waals surface area contributed by atoms with Gasteiger partial charge < -0.3 is 10.2 Å². The molecule has 1 saturated carbocycles. The first-order chi connectivity index (χ1) is 11.7. The van der Waals surface area contributed by atoms with Crippen LogP contribution in [0, 0.1) is 11.8 Å². The third-order valence-electron chi connectivity index (χ3n) is 6.61. The highest BCUT2D eigenvalue weighted by Crippen LogP contribution is 2.60. The van der Waals surface area contributed by atoms with Crippen LogP contribution in [-0.2, 0) is 16.6 Å². The summed E-state index contributed by atoms with van der Waals surface area (Å²) in [6.07, 6.45) is 7.04. The number of halogens is 1. The molecule has 1 heterocycles. The van der Waals surface area contributed by atoms with Crippen molar-refractivity contribution in [1.29, 1.82) is 0 Å². The van der Waals surface area contributed by atoms with Crippen LogP contribution in [0.25, 0.3) is 0 Å². The lowest BCUT2D eigenvalue weighted by atomic mass is 9.78. The molecule has 0 radical (unpaired) electrons. The highest BCUT2D eigenvalue weighted by atomic mass is 35.5. The minimum atomic E-state index is 0. The Kier molecular flexibility index (Phi) is 5.75. The molecule has 1 N–H and O–H groups in total.